The molecule has 3 aromatic rings. The van der Waals surface area contributed by atoms with Gasteiger partial charge in [0.15, 0.2) is 5.76 Å². The number of esters is 1. The van der Waals surface area contributed by atoms with Crippen molar-refractivity contribution in [3.8, 4) is 34.3 Å². The lowest BCUT2D eigenvalue weighted by atomic mass is 10.1. The minimum absolute atomic E-state index is 0.0174. The molecule has 7 nitrogen and oxygen atoms in total. The van der Waals surface area contributed by atoms with E-state index in [2.05, 4.69) is 6.92 Å². The second kappa shape index (κ2) is 10.0. The van der Waals surface area contributed by atoms with Crippen LogP contribution in [-0.2, 0) is 4.79 Å². The predicted molar refractivity (Wildman–Crippen MR) is 117 cm³/mol. The lowest BCUT2D eigenvalue weighted by Crippen LogP contribution is -2.16. The third-order valence-electron chi connectivity index (χ3n) is 5.00. The van der Waals surface area contributed by atoms with Crippen molar-refractivity contribution in [1.82, 2.24) is 0 Å². The van der Waals surface area contributed by atoms with Gasteiger partial charge in [0.25, 0.3) is 0 Å². The van der Waals surface area contributed by atoms with Crippen LogP contribution in [0, 0.1) is 0 Å². The molecule has 0 aliphatic heterocycles. The molecule has 1 aromatic heterocycles. The van der Waals surface area contributed by atoms with E-state index in [-0.39, 0.29) is 40.4 Å². The average molecular weight is 426 g/mol. The van der Waals surface area contributed by atoms with Crippen molar-refractivity contribution in [2.75, 3.05) is 0 Å². The Morgan fingerprint density at radius 3 is 2.32 bits per heavy atom. The van der Waals surface area contributed by atoms with Gasteiger partial charge in [-0.25, -0.2) is 0 Å². The molecule has 0 aliphatic rings. The first-order valence-corrected chi connectivity index (χ1v) is 10.4. The molecule has 7 heteroatoms. The number of carbonyl (C=O) groups excluding carboxylic acids is 1. The summed E-state index contributed by atoms with van der Waals surface area (Å²) in [5, 5.41) is 29.2. The zero-order chi connectivity index (χ0) is 22.4. The van der Waals surface area contributed by atoms with Gasteiger partial charge in [0, 0.05) is 24.1 Å². The molecule has 3 N–H and O–H groups in total. The first-order chi connectivity index (χ1) is 14.9. The van der Waals surface area contributed by atoms with Gasteiger partial charge in [0.2, 0.25) is 11.2 Å². The van der Waals surface area contributed by atoms with Crippen molar-refractivity contribution in [3.05, 3.63) is 46.6 Å². The molecule has 1 heterocycles. The predicted octanol–water partition coefficient (Wildman–Crippen LogP) is 5.23. The minimum atomic E-state index is -0.724. The van der Waals surface area contributed by atoms with Crippen LogP contribution in [0.15, 0.2) is 45.6 Å². The number of hydrogen-bond donors (Lipinski definition) is 3. The van der Waals surface area contributed by atoms with Crippen LogP contribution in [0.4, 0.5) is 0 Å². The van der Waals surface area contributed by atoms with Crippen molar-refractivity contribution < 1.29 is 29.3 Å². The summed E-state index contributed by atoms with van der Waals surface area (Å²) >= 11 is 0. The van der Waals surface area contributed by atoms with Crippen LogP contribution < -0.4 is 10.2 Å². The fraction of sp³-hybridized carbons (Fsp3) is 0.333. The van der Waals surface area contributed by atoms with Crippen molar-refractivity contribution >= 4 is 16.9 Å². The molecule has 0 unspecified atom stereocenters. The average Bonchev–Trinajstić information content (AvgIpc) is 2.72. The third kappa shape index (κ3) is 5.36. The highest BCUT2D eigenvalue weighted by Crippen LogP contribution is 2.36. The maximum absolute atomic E-state index is 13.1. The number of rotatable bonds is 9. The van der Waals surface area contributed by atoms with Gasteiger partial charge in [-0.2, -0.15) is 0 Å². The Bertz CT molecular complexity index is 1110. The second-order valence-corrected chi connectivity index (χ2v) is 7.47. The topological polar surface area (TPSA) is 117 Å². The fourth-order valence-electron chi connectivity index (χ4n) is 3.38. The summed E-state index contributed by atoms with van der Waals surface area (Å²) in [5.41, 5.74) is -0.388. The molecule has 0 saturated carbocycles. The van der Waals surface area contributed by atoms with Gasteiger partial charge in [-0.15, -0.1) is 0 Å². The molecule has 0 aliphatic carbocycles. The number of benzene rings is 2. The summed E-state index contributed by atoms with van der Waals surface area (Å²) in [4.78, 5) is 25.5. The highest BCUT2D eigenvalue weighted by Gasteiger charge is 2.22. The zero-order valence-electron chi connectivity index (χ0n) is 17.4. The lowest BCUT2D eigenvalue weighted by molar-refractivity contribution is -0.134. The molecule has 3 rings (SSSR count). The van der Waals surface area contributed by atoms with Crippen LogP contribution in [0.1, 0.15) is 51.9 Å². The number of aromatic hydroxyl groups is 3. The minimum Gasteiger partial charge on any atom is -0.508 e. The van der Waals surface area contributed by atoms with E-state index in [1.807, 2.05) is 0 Å². The summed E-state index contributed by atoms with van der Waals surface area (Å²) in [5.74, 6) is -1.68. The van der Waals surface area contributed by atoms with Gasteiger partial charge < -0.3 is 24.5 Å². The van der Waals surface area contributed by atoms with Crippen molar-refractivity contribution in [3.63, 3.8) is 0 Å². The Morgan fingerprint density at radius 1 is 0.935 bits per heavy atom. The summed E-state index contributed by atoms with van der Waals surface area (Å²) < 4.78 is 11.2. The van der Waals surface area contributed by atoms with Crippen LogP contribution in [0.5, 0.6) is 23.0 Å². The lowest BCUT2D eigenvalue weighted by Gasteiger charge is -2.11. The molecular weight excluding hydrogens is 400 g/mol. The van der Waals surface area contributed by atoms with Gasteiger partial charge in [0.1, 0.15) is 28.2 Å². The first-order valence-electron chi connectivity index (χ1n) is 10.4. The van der Waals surface area contributed by atoms with Gasteiger partial charge in [0.05, 0.1) is 0 Å². The van der Waals surface area contributed by atoms with Crippen LogP contribution in [0.25, 0.3) is 22.3 Å². The standard InChI is InChI=1S/C24H26O7/c1-2-3-4-5-6-7-8-20(28)31-24-22(29)21-18(27)13-17(26)14-19(21)30-23(24)15-9-11-16(25)12-10-15/h9-14,25-27H,2-8H2,1H3. The van der Waals surface area contributed by atoms with Crippen LogP contribution >= 0.6 is 0 Å². The number of unbranched alkanes of at least 4 members (excludes halogenated alkanes) is 5. The first kappa shape index (κ1) is 22.2. The maximum Gasteiger partial charge on any atom is 0.311 e. The highest BCUT2D eigenvalue weighted by atomic mass is 16.5. The van der Waals surface area contributed by atoms with Gasteiger partial charge in [-0.1, -0.05) is 39.0 Å². The van der Waals surface area contributed by atoms with E-state index in [1.54, 1.807) is 0 Å². The van der Waals surface area contributed by atoms with Gasteiger partial charge >= 0.3 is 5.97 Å². The van der Waals surface area contributed by atoms with E-state index in [0.717, 1.165) is 38.2 Å². The molecule has 0 bridgehead atoms. The van der Waals surface area contributed by atoms with Crippen LogP contribution in [0.3, 0.4) is 0 Å². The Hall–Kier alpha value is -3.48. The molecular formula is C24H26O7. The van der Waals surface area contributed by atoms with E-state index < -0.39 is 17.1 Å². The van der Waals surface area contributed by atoms with Crippen LogP contribution in [0.2, 0.25) is 0 Å². The number of phenols is 3. The molecule has 0 amide bonds. The largest absolute Gasteiger partial charge is 0.508 e. The molecule has 0 saturated heterocycles. The van der Waals surface area contributed by atoms with Gasteiger partial charge in [-0.05, 0) is 30.7 Å². The number of carbonyl (C=O) groups is 1. The molecule has 2 aromatic carbocycles. The Morgan fingerprint density at radius 2 is 1.61 bits per heavy atom. The quantitative estimate of drug-likeness (QED) is 0.317. The number of ether oxygens (including phenoxy) is 1. The van der Waals surface area contributed by atoms with Crippen molar-refractivity contribution in [2.24, 2.45) is 0 Å². The molecule has 164 valence electrons. The number of fused-ring (bicyclic) bond motifs is 1. The molecule has 0 fully saturated rings. The second-order valence-electron chi connectivity index (χ2n) is 7.47. The van der Waals surface area contributed by atoms with Crippen molar-refractivity contribution in [1.29, 1.82) is 0 Å². The monoisotopic (exact) mass is 426 g/mol. The summed E-state index contributed by atoms with van der Waals surface area (Å²) in [6, 6.07) is 8.03. The molecule has 31 heavy (non-hydrogen) atoms. The van der Waals surface area contributed by atoms with E-state index in [1.165, 1.54) is 30.3 Å². The van der Waals surface area contributed by atoms with Crippen LogP contribution in [-0.4, -0.2) is 21.3 Å². The highest BCUT2D eigenvalue weighted by molar-refractivity contribution is 5.89. The SMILES string of the molecule is CCCCCCCCC(=O)Oc1c(-c2ccc(O)cc2)oc2cc(O)cc(O)c2c1=O. The third-order valence-corrected chi connectivity index (χ3v) is 5.00. The Labute approximate surface area is 179 Å². The Kier molecular flexibility index (Phi) is 7.18. The molecule has 0 radical (unpaired) electrons. The number of hydrogen-bond acceptors (Lipinski definition) is 7. The summed E-state index contributed by atoms with van der Waals surface area (Å²) in [6.07, 6.45) is 6.16. The van der Waals surface area contributed by atoms with E-state index in [9.17, 15) is 24.9 Å². The fourth-order valence-corrected chi connectivity index (χ4v) is 3.38. The van der Waals surface area contributed by atoms with Gasteiger partial charge in [-0.3, -0.25) is 9.59 Å². The smallest absolute Gasteiger partial charge is 0.311 e. The maximum atomic E-state index is 13.1. The zero-order valence-corrected chi connectivity index (χ0v) is 17.4. The Balaban J connectivity index is 1.93. The van der Waals surface area contributed by atoms with Crippen molar-refractivity contribution in [2.45, 2.75) is 51.9 Å². The summed E-state index contributed by atoms with van der Waals surface area (Å²) in [6.45, 7) is 2.14. The van der Waals surface area contributed by atoms with E-state index in [4.69, 9.17) is 9.15 Å². The molecule has 0 spiro atoms. The normalized spacial score (nSPS) is 11.0. The summed E-state index contributed by atoms with van der Waals surface area (Å²) in [7, 11) is 0. The van der Waals surface area contributed by atoms with E-state index >= 15 is 0 Å². The number of phenolic OH excluding ortho intramolecular Hbond substituents is 3. The molecule has 0 atom stereocenters. The van der Waals surface area contributed by atoms with E-state index in [0.29, 0.717) is 12.0 Å².